The predicted octanol–water partition coefficient (Wildman–Crippen LogP) is -0.287. The van der Waals surface area contributed by atoms with Crippen molar-refractivity contribution in [3.8, 4) is 0 Å². The van der Waals surface area contributed by atoms with E-state index in [1.54, 1.807) is 0 Å². The summed E-state index contributed by atoms with van der Waals surface area (Å²) < 4.78 is 0. The fourth-order valence-corrected chi connectivity index (χ4v) is 2.48. The van der Waals surface area contributed by atoms with Gasteiger partial charge in [0, 0.05) is 19.4 Å². The van der Waals surface area contributed by atoms with Gasteiger partial charge in [0.05, 0.1) is 0 Å². The molecule has 158 valence electrons. The van der Waals surface area contributed by atoms with Crippen LogP contribution < -0.4 is 27.8 Å². The second kappa shape index (κ2) is 17.7. The normalized spacial score (nSPS) is 11.8. The lowest BCUT2D eigenvalue weighted by atomic mass is 10.1. The molecule has 0 heterocycles. The molecular formula is C18H38N6O3. The number of carbonyl (C=O) groups is 2. The first-order chi connectivity index (χ1) is 13.0. The first-order valence-corrected chi connectivity index (χ1v) is 9.93. The lowest BCUT2D eigenvalue weighted by Crippen LogP contribution is -2.40. The molecule has 0 fully saturated rings. The SMILES string of the molecule is NCCCNCCCCCC(=O)C(O)NC(=O)CCCCCCN=C(N)N. The quantitative estimate of drug-likeness (QED) is 0.0813. The average Bonchev–Trinajstić information content (AvgIpc) is 2.62. The van der Waals surface area contributed by atoms with Gasteiger partial charge < -0.3 is 32.9 Å². The Labute approximate surface area is 162 Å². The number of ketones is 1. The van der Waals surface area contributed by atoms with Crippen LogP contribution in [-0.4, -0.2) is 55.2 Å². The largest absolute Gasteiger partial charge is 0.370 e. The van der Waals surface area contributed by atoms with E-state index in [4.69, 9.17) is 17.2 Å². The van der Waals surface area contributed by atoms with Gasteiger partial charge in [-0.15, -0.1) is 0 Å². The number of unbranched alkanes of at least 4 members (excludes halogenated alkanes) is 5. The number of rotatable bonds is 18. The minimum absolute atomic E-state index is 0.0900. The van der Waals surface area contributed by atoms with E-state index in [2.05, 4.69) is 15.6 Å². The van der Waals surface area contributed by atoms with E-state index < -0.39 is 6.23 Å². The summed E-state index contributed by atoms with van der Waals surface area (Å²) in [5.74, 6) is -0.548. The molecule has 0 rings (SSSR count). The van der Waals surface area contributed by atoms with Gasteiger partial charge in [0.15, 0.2) is 18.0 Å². The third-order valence-electron chi connectivity index (χ3n) is 4.04. The maximum atomic E-state index is 11.8. The van der Waals surface area contributed by atoms with Crippen LogP contribution >= 0.6 is 0 Å². The summed E-state index contributed by atoms with van der Waals surface area (Å²) in [5.41, 5.74) is 15.9. The van der Waals surface area contributed by atoms with Crippen LogP contribution in [0.2, 0.25) is 0 Å². The zero-order chi connectivity index (χ0) is 20.3. The summed E-state index contributed by atoms with van der Waals surface area (Å²) in [6, 6.07) is 0. The van der Waals surface area contributed by atoms with Gasteiger partial charge in [0.1, 0.15) is 0 Å². The third-order valence-corrected chi connectivity index (χ3v) is 4.04. The van der Waals surface area contributed by atoms with Crippen molar-refractivity contribution in [2.75, 3.05) is 26.2 Å². The standard InChI is InChI=1S/C18H38N6O3/c19-11-8-13-22-12-6-3-4-9-15(25)17(27)24-16(26)10-5-1-2-7-14-23-18(20)21/h17,22,27H,1-14,19H2,(H,24,26)(H4,20,21,23). The highest BCUT2D eigenvalue weighted by Crippen LogP contribution is 2.05. The Morgan fingerprint density at radius 1 is 0.889 bits per heavy atom. The highest BCUT2D eigenvalue weighted by Gasteiger charge is 2.16. The highest BCUT2D eigenvalue weighted by atomic mass is 16.3. The molecule has 0 spiro atoms. The second-order valence-electron chi connectivity index (χ2n) is 6.61. The minimum Gasteiger partial charge on any atom is -0.370 e. The molecule has 1 amide bonds. The van der Waals surface area contributed by atoms with Crippen molar-refractivity contribution >= 4 is 17.6 Å². The van der Waals surface area contributed by atoms with E-state index >= 15 is 0 Å². The topological polar surface area (TPSA) is 169 Å². The Morgan fingerprint density at radius 3 is 2.22 bits per heavy atom. The number of aliphatic hydroxyl groups excluding tert-OH is 1. The summed E-state index contributed by atoms with van der Waals surface area (Å²) in [6.45, 7) is 3.09. The number of guanidine groups is 1. The van der Waals surface area contributed by atoms with Crippen molar-refractivity contribution in [1.29, 1.82) is 0 Å². The van der Waals surface area contributed by atoms with Gasteiger partial charge in [-0.2, -0.15) is 0 Å². The molecule has 0 aliphatic rings. The molecule has 27 heavy (non-hydrogen) atoms. The lowest BCUT2D eigenvalue weighted by Gasteiger charge is -2.12. The van der Waals surface area contributed by atoms with Gasteiger partial charge in [0.25, 0.3) is 0 Å². The Bertz CT molecular complexity index is 427. The monoisotopic (exact) mass is 386 g/mol. The molecule has 1 atom stereocenters. The zero-order valence-corrected chi connectivity index (χ0v) is 16.4. The third kappa shape index (κ3) is 17.5. The van der Waals surface area contributed by atoms with Crippen LogP contribution in [0.4, 0.5) is 0 Å². The molecule has 0 radical (unpaired) electrons. The van der Waals surface area contributed by atoms with Crippen LogP contribution in [0.1, 0.15) is 64.2 Å². The highest BCUT2D eigenvalue weighted by molar-refractivity contribution is 5.87. The Morgan fingerprint density at radius 2 is 1.52 bits per heavy atom. The molecule has 0 bridgehead atoms. The summed E-state index contributed by atoms with van der Waals surface area (Å²) in [4.78, 5) is 27.5. The number of nitrogens with two attached hydrogens (primary N) is 3. The van der Waals surface area contributed by atoms with E-state index in [9.17, 15) is 14.7 Å². The van der Waals surface area contributed by atoms with Gasteiger partial charge in [-0.05, 0) is 51.7 Å². The molecule has 9 heteroatoms. The fourth-order valence-electron chi connectivity index (χ4n) is 2.48. The number of aliphatic hydroxyl groups is 1. The molecule has 0 aliphatic carbocycles. The number of hydrogen-bond donors (Lipinski definition) is 6. The number of nitrogens with zero attached hydrogens (tertiary/aromatic N) is 1. The summed E-state index contributed by atoms with van der Waals surface area (Å²) >= 11 is 0. The van der Waals surface area contributed by atoms with E-state index in [1.807, 2.05) is 0 Å². The van der Waals surface area contributed by atoms with E-state index in [0.717, 1.165) is 51.6 Å². The molecule has 9 N–H and O–H groups in total. The number of hydrogen-bond acceptors (Lipinski definition) is 6. The van der Waals surface area contributed by atoms with Crippen LogP contribution in [0.5, 0.6) is 0 Å². The molecule has 0 aromatic heterocycles. The van der Waals surface area contributed by atoms with Gasteiger partial charge in [-0.25, -0.2) is 0 Å². The number of Topliss-reactive ketones (excluding diaryl/α,β-unsaturated/α-hetero) is 1. The van der Waals surface area contributed by atoms with Gasteiger partial charge in [-0.3, -0.25) is 14.6 Å². The molecule has 0 aromatic carbocycles. The maximum absolute atomic E-state index is 11.8. The van der Waals surface area contributed by atoms with Crippen LogP contribution in [0.3, 0.4) is 0 Å². The smallest absolute Gasteiger partial charge is 0.222 e. The molecular weight excluding hydrogens is 348 g/mol. The van der Waals surface area contributed by atoms with Crippen molar-refractivity contribution in [2.45, 2.75) is 70.4 Å². The molecule has 1 unspecified atom stereocenters. The van der Waals surface area contributed by atoms with Crippen LogP contribution in [0, 0.1) is 0 Å². The van der Waals surface area contributed by atoms with Crippen molar-refractivity contribution in [3.05, 3.63) is 0 Å². The Balaban J connectivity index is 3.59. The molecule has 9 nitrogen and oxygen atoms in total. The summed E-state index contributed by atoms with van der Waals surface area (Å²) in [7, 11) is 0. The molecule has 0 aromatic rings. The van der Waals surface area contributed by atoms with Crippen molar-refractivity contribution in [2.24, 2.45) is 22.2 Å². The number of nitrogens with one attached hydrogen (secondary N) is 2. The molecule has 0 saturated heterocycles. The van der Waals surface area contributed by atoms with Crippen LogP contribution in [-0.2, 0) is 9.59 Å². The average molecular weight is 387 g/mol. The van der Waals surface area contributed by atoms with Crippen molar-refractivity contribution in [3.63, 3.8) is 0 Å². The number of aliphatic imine (C=N–C) groups is 1. The van der Waals surface area contributed by atoms with Gasteiger partial charge in [-0.1, -0.05) is 19.3 Å². The fraction of sp³-hybridized carbons (Fsp3) is 0.833. The summed E-state index contributed by atoms with van der Waals surface area (Å²) in [6.07, 6.45) is 6.07. The van der Waals surface area contributed by atoms with Gasteiger partial charge in [0.2, 0.25) is 5.91 Å². The van der Waals surface area contributed by atoms with E-state index in [1.165, 1.54) is 0 Å². The minimum atomic E-state index is -1.40. The summed E-state index contributed by atoms with van der Waals surface area (Å²) in [5, 5.41) is 15.4. The van der Waals surface area contributed by atoms with Crippen LogP contribution in [0.25, 0.3) is 0 Å². The predicted molar refractivity (Wildman–Crippen MR) is 108 cm³/mol. The second-order valence-corrected chi connectivity index (χ2v) is 6.61. The van der Waals surface area contributed by atoms with Gasteiger partial charge >= 0.3 is 0 Å². The zero-order valence-electron chi connectivity index (χ0n) is 16.4. The van der Waals surface area contributed by atoms with E-state index in [0.29, 0.717) is 32.4 Å². The Kier molecular flexibility index (Phi) is 16.6. The number of carbonyl (C=O) groups excluding carboxylic acids is 2. The first-order valence-electron chi connectivity index (χ1n) is 9.93. The molecule has 0 saturated carbocycles. The molecule has 0 aliphatic heterocycles. The van der Waals surface area contributed by atoms with Crippen molar-refractivity contribution < 1.29 is 14.7 Å². The van der Waals surface area contributed by atoms with E-state index in [-0.39, 0.29) is 24.1 Å². The Hall–Kier alpha value is -1.71. The first kappa shape index (κ1) is 25.3. The van der Waals surface area contributed by atoms with Crippen LogP contribution in [0.15, 0.2) is 4.99 Å². The number of amides is 1. The van der Waals surface area contributed by atoms with Crippen molar-refractivity contribution in [1.82, 2.24) is 10.6 Å². The lowest BCUT2D eigenvalue weighted by molar-refractivity contribution is -0.135. The maximum Gasteiger partial charge on any atom is 0.222 e.